The van der Waals surface area contributed by atoms with E-state index >= 15 is 0 Å². The number of imidazole rings is 1. The Morgan fingerprint density at radius 2 is 1.88 bits per heavy atom. The summed E-state index contributed by atoms with van der Waals surface area (Å²) in [5.74, 6) is -2.74. The molecule has 0 saturated carbocycles. The van der Waals surface area contributed by atoms with Gasteiger partial charge in [0.1, 0.15) is 12.4 Å². The normalized spacial score (nSPS) is 23.1. The fourth-order valence-corrected chi connectivity index (χ4v) is 6.14. The number of carbonyl (C=O) groups excluding carboxylic acids is 1. The number of carbonyl (C=O) groups is 2. The summed E-state index contributed by atoms with van der Waals surface area (Å²) < 4.78 is 28.1. The van der Waals surface area contributed by atoms with Crippen molar-refractivity contribution < 1.29 is 28.2 Å². The molecule has 2 aromatic heterocycles. The number of sulfonamides is 1. The first kappa shape index (κ1) is 22.1. The predicted octanol–water partition coefficient (Wildman–Crippen LogP) is -0.0558. The first-order chi connectivity index (χ1) is 15.0. The molecular weight excluding hydrogens is 442 g/mol. The molecule has 32 heavy (non-hydrogen) atoms. The van der Waals surface area contributed by atoms with E-state index in [1.807, 2.05) is 0 Å². The lowest BCUT2D eigenvalue weighted by atomic mass is 9.92. The number of aromatic hydroxyl groups is 1. The predicted molar refractivity (Wildman–Crippen MR) is 113 cm³/mol. The van der Waals surface area contributed by atoms with Gasteiger partial charge in [0, 0.05) is 19.6 Å². The highest BCUT2D eigenvalue weighted by atomic mass is 32.2. The summed E-state index contributed by atoms with van der Waals surface area (Å²) in [7, 11) is -3.70. The van der Waals surface area contributed by atoms with E-state index in [2.05, 4.69) is 18.8 Å². The van der Waals surface area contributed by atoms with E-state index in [4.69, 9.17) is 0 Å². The third kappa shape index (κ3) is 3.70. The zero-order valence-electron chi connectivity index (χ0n) is 17.8. The molecule has 0 bridgehead atoms. The lowest BCUT2D eigenvalue weighted by Gasteiger charge is -2.35. The molecule has 0 aliphatic carbocycles. The van der Waals surface area contributed by atoms with Crippen LogP contribution in [0.1, 0.15) is 37.2 Å². The molecule has 0 spiro atoms. The maximum atomic E-state index is 13.0. The quantitative estimate of drug-likeness (QED) is 0.634. The summed E-state index contributed by atoms with van der Waals surface area (Å²) in [6.45, 7) is 5.12. The van der Waals surface area contributed by atoms with E-state index in [9.17, 15) is 33.0 Å². The first-order valence-electron chi connectivity index (χ1n) is 10.4. The monoisotopic (exact) mass is 467 g/mol. The number of carboxylic acid groups (broad SMARTS) is 1. The molecule has 2 fully saturated rings. The Labute approximate surface area is 183 Å². The fourth-order valence-electron chi connectivity index (χ4n) is 4.61. The number of aromatic nitrogens is 3. The van der Waals surface area contributed by atoms with Crippen LogP contribution in [-0.4, -0.2) is 74.7 Å². The Morgan fingerprint density at radius 1 is 1.22 bits per heavy atom. The van der Waals surface area contributed by atoms with E-state index in [0.29, 0.717) is 31.3 Å². The standard InChI is InChI=1S/C19H25N5O7S/c1-11-6-12(2)8-21(7-11)14(25)10-22-9-13(23-4-3-5-32(23,30)31)24-17(27)16(26)15(18(28)29)20-19(22)24/h9,11-12,26H,3-8,10H2,1-2H3,(H,28,29). The lowest BCUT2D eigenvalue weighted by molar-refractivity contribution is -0.134. The molecular formula is C19H25N5O7S. The Bertz CT molecular complexity index is 1260. The van der Waals surface area contributed by atoms with Crippen molar-refractivity contribution in [3.63, 3.8) is 0 Å². The minimum Gasteiger partial charge on any atom is -0.501 e. The molecule has 174 valence electrons. The van der Waals surface area contributed by atoms with Gasteiger partial charge in [0.2, 0.25) is 27.5 Å². The molecule has 12 nitrogen and oxygen atoms in total. The molecule has 2 aliphatic rings. The average molecular weight is 468 g/mol. The van der Waals surface area contributed by atoms with Crippen molar-refractivity contribution in [3.8, 4) is 5.75 Å². The van der Waals surface area contributed by atoms with Crippen LogP contribution in [-0.2, 0) is 21.4 Å². The molecule has 2 aliphatic heterocycles. The molecule has 13 heteroatoms. The van der Waals surface area contributed by atoms with E-state index in [1.54, 1.807) is 4.90 Å². The number of likely N-dealkylation sites (tertiary alicyclic amines) is 1. The van der Waals surface area contributed by atoms with Crippen LogP contribution < -0.4 is 9.86 Å². The number of piperidine rings is 1. The minimum absolute atomic E-state index is 0.0876. The Balaban J connectivity index is 1.84. The second-order valence-corrected chi connectivity index (χ2v) is 10.7. The highest BCUT2D eigenvalue weighted by Gasteiger charge is 2.34. The Kier molecular flexibility index (Phi) is 5.39. The highest BCUT2D eigenvalue weighted by Crippen LogP contribution is 2.27. The van der Waals surface area contributed by atoms with Gasteiger partial charge in [-0.2, -0.15) is 0 Å². The molecule has 2 N–H and O–H groups in total. The lowest BCUT2D eigenvalue weighted by Crippen LogP contribution is -2.44. The molecule has 4 rings (SSSR count). The third-order valence-electron chi connectivity index (χ3n) is 5.88. The van der Waals surface area contributed by atoms with Crippen LogP contribution in [0, 0.1) is 11.8 Å². The number of hydrogen-bond donors (Lipinski definition) is 2. The minimum atomic E-state index is -3.70. The van der Waals surface area contributed by atoms with Crippen molar-refractivity contribution >= 4 is 33.5 Å². The van der Waals surface area contributed by atoms with Crippen molar-refractivity contribution in [2.45, 2.75) is 33.2 Å². The van der Waals surface area contributed by atoms with Crippen LogP contribution in [0.5, 0.6) is 5.75 Å². The smallest absolute Gasteiger partial charge is 0.358 e. The van der Waals surface area contributed by atoms with E-state index in [-0.39, 0.29) is 36.3 Å². The number of anilines is 1. The van der Waals surface area contributed by atoms with Gasteiger partial charge in [-0.05, 0) is 24.7 Å². The molecule has 4 heterocycles. The number of rotatable bonds is 4. The van der Waals surface area contributed by atoms with Crippen LogP contribution in [0.15, 0.2) is 11.0 Å². The van der Waals surface area contributed by atoms with Crippen molar-refractivity contribution in [2.24, 2.45) is 11.8 Å². The molecule has 0 radical (unpaired) electrons. The van der Waals surface area contributed by atoms with Gasteiger partial charge in [-0.25, -0.2) is 22.6 Å². The van der Waals surface area contributed by atoms with Crippen LogP contribution in [0.25, 0.3) is 5.78 Å². The highest BCUT2D eigenvalue weighted by molar-refractivity contribution is 7.93. The largest absolute Gasteiger partial charge is 0.501 e. The van der Waals surface area contributed by atoms with Crippen molar-refractivity contribution in [3.05, 3.63) is 22.2 Å². The maximum Gasteiger partial charge on any atom is 0.358 e. The molecule has 2 saturated heterocycles. The van der Waals surface area contributed by atoms with Gasteiger partial charge in [-0.1, -0.05) is 13.8 Å². The van der Waals surface area contributed by atoms with Gasteiger partial charge < -0.3 is 19.7 Å². The number of hydrogen-bond acceptors (Lipinski definition) is 7. The number of aromatic carboxylic acids is 1. The fraction of sp³-hybridized carbons (Fsp3) is 0.579. The van der Waals surface area contributed by atoms with Crippen LogP contribution in [0.3, 0.4) is 0 Å². The number of carboxylic acids is 1. The molecule has 2 unspecified atom stereocenters. The first-order valence-corrected chi connectivity index (χ1v) is 12.0. The summed E-state index contributed by atoms with van der Waals surface area (Å²) in [5, 5.41) is 19.4. The summed E-state index contributed by atoms with van der Waals surface area (Å²) in [4.78, 5) is 42.9. The number of fused-ring (bicyclic) bond motifs is 1. The van der Waals surface area contributed by atoms with Gasteiger partial charge in [0.15, 0.2) is 5.69 Å². The van der Waals surface area contributed by atoms with Gasteiger partial charge in [-0.3, -0.25) is 13.9 Å². The van der Waals surface area contributed by atoms with E-state index in [0.717, 1.165) is 15.1 Å². The SMILES string of the molecule is CC1CC(C)CN(C(=O)Cn2cc(N3CCCS3(=O)=O)n3c(=O)c(O)c(C(=O)O)nc23)C1. The maximum absolute atomic E-state index is 13.0. The van der Waals surface area contributed by atoms with E-state index < -0.39 is 33.0 Å². The van der Waals surface area contributed by atoms with Crippen LogP contribution in [0.2, 0.25) is 0 Å². The zero-order chi connectivity index (χ0) is 23.4. The van der Waals surface area contributed by atoms with Gasteiger partial charge >= 0.3 is 11.5 Å². The summed E-state index contributed by atoms with van der Waals surface area (Å²) in [5.41, 5.74) is -1.98. The summed E-state index contributed by atoms with van der Waals surface area (Å²) in [6.07, 6.45) is 2.65. The van der Waals surface area contributed by atoms with Crippen LogP contribution in [0.4, 0.5) is 5.82 Å². The zero-order valence-corrected chi connectivity index (χ0v) is 18.6. The second kappa shape index (κ2) is 7.80. The van der Waals surface area contributed by atoms with Crippen molar-refractivity contribution in [2.75, 3.05) is 29.7 Å². The molecule has 2 aromatic rings. The number of amides is 1. The molecule has 0 aromatic carbocycles. The van der Waals surface area contributed by atoms with Gasteiger partial charge in [0.25, 0.3) is 0 Å². The van der Waals surface area contributed by atoms with Gasteiger partial charge in [0.05, 0.1) is 11.9 Å². The van der Waals surface area contributed by atoms with Crippen LogP contribution >= 0.6 is 0 Å². The van der Waals surface area contributed by atoms with Gasteiger partial charge in [-0.15, -0.1) is 0 Å². The Hall–Kier alpha value is -3.09. The third-order valence-corrected chi connectivity index (χ3v) is 7.73. The summed E-state index contributed by atoms with van der Waals surface area (Å²) >= 11 is 0. The molecule has 1 amide bonds. The average Bonchev–Trinajstić information content (AvgIpc) is 3.22. The second-order valence-electron chi connectivity index (χ2n) is 8.66. The van der Waals surface area contributed by atoms with Crippen molar-refractivity contribution in [1.82, 2.24) is 18.9 Å². The Morgan fingerprint density at radius 3 is 2.44 bits per heavy atom. The van der Waals surface area contributed by atoms with E-state index in [1.165, 1.54) is 10.8 Å². The topological polar surface area (TPSA) is 155 Å². The molecule has 2 atom stereocenters. The van der Waals surface area contributed by atoms with Crippen molar-refractivity contribution in [1.29, 1.82) is 0 Å². The summed E-state index contributed by atoms with van der Waals surface area (Å²) in [6, 6.07) is 0. The number of nitrogens with zero attached hydrogens (tertiary/aromatic N) is 5.